The van der Waals surface area contributed by atoms with Crippen LogP contribution in [0.25, 0.3) is 0 Å². The second-order valence-electron chi connectivity index (χ2n) is 5.02. The average Bonchev–Trinajstić information content (AvgIpc) is 2.58. The van der Waals surface area contributed by atoms with Gasteiger partial charge in [0.1, 0.15) is 0 Å². The highest BCUT2D eigenvalue weighted by molar-refractivity contribution is 7.80. The Labute approximate surface area is 145 Å². The van der Waals surface area contributed by atoms with Gasteiger partial charge in [-0.2, -0.15) is 0 Å². The first-order chi connectivity index (χ1) is 11.5. The maximum Gasteiger partial charge on any atom is 0.337 e. The molecule has 0 amide bonds. The zero-order valence-electron chi connectivity index (χ0n) is 14.2. The van der Waals surface area contributed by atoms with E-state index in [2.05, 4.69) is 10.6 Å². The highest BCUT2D eigenvalue weighted by atomic mass is 32.1. The number of thiocarbonyl (C=S) groups is 1. The van der Waals surface area contributed by atoms with Gasteiger partial charge in [-0.15, -0.1) is 0 Å². The van der Waals surface area contributed by atoms with Crippen LogP contribution in [0.2, 0.25) is 0 Å². The molecule has 0 aliphatic carbocycles. The lowest BCUT2D eigenvalue weighted by Crippen LogP contribution is -2.45. The first-order valence-corrected chi connectivity index (χ1v) is 7.54. The molecule has 2 rings (SSSR count). The normalized spacial score (nSPS) is 16.9. The van der Waals surface area contributed by atoms with Crippen molar-refractivity contribution >= 4 is 23.3 Å². The van der Waals surface area contributed by atoms with Gasteiger partial charge in [0, 0.05) is 5.70 Å². The summed E-state index contributed by atoms with van der Waals surface area (Å²) < 4.78 is 21.0. The van der Waals surface area contributed by atoms with Crippen LogP contribution in [0.5, 0.6) is 17.2 Å². The molecule has 2 N–H and O–H groups in total. The lowest BCUT2D eigenvalue weighted by atomic mass is 9.95. The molecule has 0 radical (unpaired) electrons. The minimum Gasteiger partial charge on any atom is -0.493 e. The number of nitrogens with one attached hydrogen (secondary N) is 2. The molecular formula is C16H20N2O5S. The molecule has 0 saturated carbocycles. The predicted molar refractivity (Wildman–Crippen MR) is 92.4 cm³/mol. The van der Waals surface area contributed by atoms with Crippen molar-refractivity contribution in [1.82, 2.24) is 10.6 Å². The Hall–Kier alpha value is -2.48. The summed E-state index contributed by atoms with van der Waals surface area (Å²) in [5.41, 5.74) is 1.79. The van der Waals surface area contributed by atoms with Crippen LogP contribution in [0, 0.1) is 0 Å². The molecule has 7 nitrogen and oxygen atoms in total. The zero-order chi connectivity index (χ0) is 17.9. The van der Waals surface area contributed by atoms with E-state index in [9.17, 15) is 4.79 Å². The van der Waals surface area contributed by atoms with Crippen molar-refractivity contribution in [3.05, 3.63) is 29.0 Å². The summed E-state index contributed by atoms with van der Waals surface area (Å²) in [6, 6.07) is 3.03. The fourth-order valence-electron chi connectivity index (χ4n) is 2.59. The molecule has 0 fully saturated rings. The van der Waals surface area contributed by atoms with Crippen molar-refractivity contribution in [1.29, 1.82) is 0 Å². The Kier molecular flexibility index (Phi) is 5.50. The first kappa shape index (κ1) is 17.9. The quantitative estimate of drug-likeness (QED) is 0.612. The molecule has 130 valence electrons. The Morgan fingerprint density at radius 1 is 1.08 bits per heavy atom. The fourth-order valence-corrected chi connectivity index (χ4v) is 2.86. The van der Waals surface area contributed by atoms with Gasteiger partial charge in [-0.05, 0) is 36.8 Å². The second kappa shape index (κ2) is 7.39. The van der Waals surface area contributed by atoms with Gasteiger partial charge >= 0.3 is 5.97 Å². The van der Waals surface area contributed by atoms with E-state index in [4.69, 9.17) is 31.2 Å². The van der Waals surface area contributed by atoms with Crippen LogP contribution in [-0.2, 0) is 9.53 Å². The summed E-state index contributed by atoms with van der Waals surface area (Å²) in [5.74, 6) is 0.995. The van der Waals surface area contributed by atoms with E-state index in [1.54, 1.807) is 19.1 Å². The smallest absolute Gasteiger partial charge is 0.337 e. The predicted octanol–water partition coefficient (Wildman–Crippen LogP) is 1.68. The summed E-state index contributed by atoms with van der Waals surface area (Å²) in [6.07, 6.45) is 0. The molecule has 0 saturated heterocycles. The van der Waals surface area contributed by atoms with Gasteiger partial charge < -0.3 is 29.6 Å². The van der Waals surface area contributed by atoms with Crippen molar-refractivity contribution in [2.45, 2.75) is 13.0 Å². The summed E-state index contributed by atoms with van der Waals surface area (Å²) in [7, 11) is 5.93. The third kappa shape index (κ3) is 3.23. The highest BCUT2D eigenvalue weighted by Crippen LogP contribution is 2.41. The van der Waals surface area contributed by atoms with E-state index in [0.717, 1.165) is 5.56 Å². The topological polar surface area (TPSA) is 78.1 Å². The first-order valence-electron chi connectivity index (χ1n) is 7.13. The molecule has 0 unspecified atom stereocenters. The van der Waals surface area contributed by atoms with Crippen molar-refractivity contribution in [2.24, 2.45) is 0 Å². The van der Waals surface area contributed by atoms with Crippen molar-refractivity contribution in [3.8, 4) is 17.2 Å². The number of carbonyl (C=O) groups is 1. The van der Waals surface area contributed by atoms with Crippen LogP contribution in [0.4, 0.5) is 0 Å². The van der Waals surface area contributed by atoms with E-state index in [1.165, 1.54) is 28.4 Å². The van der Waals surface area contributed by atoms with Crippen molar-refractivity contribution in [3.63, 3.8) is 0 Å². The minimum atomic E-state index is -0.500. The molecule has 8 heteroatoms. The third-order valence-electron chi connectivity index (χ3n) is 3.69. The van der Waals surface area contributed by atoms with E-state index in [0.29, 0.717) is 33.6 Å². The molecule has 0 aromatic heterocycles. The minimum absolute atomic E-state index is 0.416. The number of ether oxygens (including phenoxy) is 4. The van der Waals surface area contributed by atoms with Gasteiger partial charge in [0.15, 0.2) is 16.6 Å². The molecule has 1 aromatic rings. The van der Waals surface area contributed by atoms with Crippen LogP contribution < -0.4 is 24.8 Å². The molecule has 0 bridgehead atoms. The molecular weight excluding hydrogens is 332 g/mol. The standard InChI is InChI=1S/C16H20N2O5S/c1-8-12(15(19)23-5)13(18-16(24)17-8)9-6-10(20-2)14(22-4)11(7-9)21-3/h6-7,13H,1-5H3,(H2,17,18,24)/t13-/m1/s1. The number of rotatable bonds is 5. The summed E-state index contributed by atoms with van der Waals surface area (Å²) in [6.45, 7) is 1.77. The van der Waals surface area contributed by atoms with Crippen molar-refractivity contribution < 1.29 is 23.7 Å². The largest absolute Gasteiger partial charge is 0.493 e. The fraction of sp³-hybridized carbons (Fsp3) is 0.375. The van der Waals surface area contributed by atoms with Gasteiger partial charge in [0.2, 0.25) is 5.75 Å². The summed E-state index contributed by atoms with van der Waals surface area (Å²) in [5, 5.41) is 6.43. The van der Waals surface area contributed by atoms with Gasteiger partial charge in [-0.1, -0.05) is 0 Å². The monoisotopic (exact) mass is 352 g/mol. The van der Waals surface area contributed by atoms with Gasteiger partial charge in [0.05, 0.1) is 40.1 Å². The highest BCUT2D eigenvalue weighted by Gasteiger charge is 2.32. The molecule has 24 heavy (non-hydrogen) atoms. The zero-order valence-corrected chi connectivity index (χ0v) is 15.0. The lowest BCUT2D eigenvalue weighted by molar-refractivity contribution is -0.136. The van der Waals surface area contributed by atoms with Crippen LogP contribution in [-0.4, -0.2) is 39.5 Å². The number of benzene rings is 1. The Morgan fingerprint density at radius 2 is 1.67 bits per heavy atom. The van der Waals surface area contributed by atoms with Crippen LogP contribution in [0.3, 0.4) is 0 Å². The molecule has 1 atom stereocenters. The molecule has 1 aliphatic rings. The Morgan fingerprint density at radius 3 is 2.12 bits per heavy atom. The number of hydrogen-bond acceptors (Lipinski definition) is 6. The number of carbonyl (C=O) groups excluding carboxylic acids is 1. The number of methoxy groups -OCH3 is 4. The molecule has 1 aromatic carbocycles. The van der Waals surface area contributed by atoms with Gasteiger partial charge in [-0.3, -0.25) is 0 Å². The molecule has 1 heterocycles. The molecule has 0 spiro atoms. The van der Waals surface area contributed by atoms with Gasteiger partial charge in [-0.25, -0.2) is 4.79 Å². The SMILES string of the molecule is COC(=O)C1=C(C)NC(=S)N[C@@H]1c1cc(OC)c(OC)c(OC)c1. The third-order valence-corrected chi connectivity index (χ3v) is 3.91. The average molecular weight is 352 g/mol. The Balaban J connectivity index is 2.61. The van der Waals surface area contributed by atoms with E-state index in [-0.39, 0.29) is 0 Å². The number of allylic oxidation sites excluding steroid dienone is 1. The van der Waals surface area contributed by atoms with E-state index < -0.39 is 12.0 Å². The lowest BCUT2D eigenvalue weighted by Gasteiger charge is -2.30. The maximum atomic E-state index is 12.2. The second-order valence-corrected chi connectivity index (χ2v) is 5.43. The maximum absolute atomic E-state index is 12.2. The number of esters is 1. The van der Waals surface area contributed by atoms with Crippen LogP contribution in [0.1, 0.15) is 18.5 Å². The number of hydrogen-bond donors (Lipinski definition) is 2. The summed E-state index contributed by atoms with van der Waals surface area (Å²) in [4.78, 5) is 12.2. The van der Waals surface area contributed by atoms with E-state index in [1.807, 2.05) is 0 Å². The van der Waals surface area contributed by atoms with Crippen LogP contribution in [0.15, 0.2) is 23.4 Å². The van der Waals surface area contributed by atoms with Crippen molar-refractivity contribution in [2.75, 3.05) is 28.4 Å². The molecule has 1 aliphatic heterocycles. The van der Waals surface area contributed by atoms with Gasteiger partial charge in [0.25, 0.3) is 0 Å². The Bertz CT molecular complexity index is 677. The summed E-state index contributed by atoms with van der Waals surface area (Å²) >= 11 is 5.21. The van der Waals surface area contributed by atoms with Crippen LogP contribution >= 0.6 is 12.2 Å². The van der Waals surface area contributed by atoms with E-state index >= 15 is 0 Å².